The summed E-state index contributed by atoms with van der Waals surface area (Å²) in [5.41, 5.74) is -1.25. The highest BCUT2D eigenvalue weighted by molar-refractivity contribution is 7.15. The number of benzene rings is 3. The van der Waals surface area contributed by atoms with Crippen LogP contribution < -0.4 is 0 Å². The van der Waals surface area contributed by atoms with Gasteiger partial charge in [-0.05, 0) is 50.2 Å². The van der Waals surface area contributed by atoms with Crippen LogP contribution in [0.1, 0.15) is 50.4 Å². The largest absolute Gasteiger partial charge is 0.416 e. The third kappa shape index (κ3) is 7.28. The van der Waals surface area contributed by atoms with Crippen LogP contribution in [0.3, 0.4) is 0 Å². The summed E-state index contributed by atoms with van der Waals surface area (Å²) < 4.78 is 78.3. The van der Waals surface area contributed by atoms with Gasteiger partial charge >= 0.3 is 12.4 Å². The van der Waals surface area contributed by atoms with Crippen molar-refractivity contribution in [2.45, 2.75) is 44.3 Å². The molecular weight excluding hydrogens is 634 g/mol. The van der Waals surface area contributed by atoms with Gasteiger partial charge in [0.2, 0.25) is 0 Å². The van der Waals surface area contributed by atoms with Crippen molar-refractivity contribution < 1.29 is 36.6 Å². The number of aryl methyl sites for hydroxylation is 2. The van der Waals surface area contributed by atoms with E-state index in [4.69, 9.17) is 0 Å². The van der Waals surface area contributed by atoms with Gasteiger partial charge < -0.3 is 10.2 Å². The van der Waals surface area contributed by atoms with Gasteiger partial charge in [0.15, 0.2) is 5.60 Å². The summed E-state index contributed by atoms with van der Waals surface area (Å²) in [5.74, 6) is 5.83. The molecule has 0 saturated heterocycles. The maximum absolute atomic E-state index is 13.1. The highest BCUT2D eigenvalue weighted by atomic mass is 32.1. The SMILES string of the molecule is Cc1nc(-c2ccc(C(F)(F)F)cc2)sc1C(O)CC(O)(C#Cc1ccccc1)c1sc(-c2ccc(C(F)(F)F)cc2)nc1C. The first-order chi connectivity index (χ1) is 21.1. The Kier molecular flexibility index (Phi) is 8.92. The molecule has 0 saturated carbocycles. The van der Waals surface area contributed by atoms with Gasteiger partial charge in [0.1, 0.15) is 10.0 Å². The van der Waals surface area contributed by atoms with E-state index >= 15 is 0 Å². The number of nitrogens with zero attached hydrogens (tertiary/aromatic N) is 2. The van der Waals surface area contributed by atoms with Crippen molar-refractivity contribution in [3.8, 4) is 33.0 Å². The molecule has 2 heterocycles. The first-order valence-corrected chi connectivity index (χ1v) is 15.1. The molecule has 2 aromatic heterocycles. The van der Waals surface area contributed by atoms with Crippen LogP contribution in [0.25, 0.3) is 21.1 Å². The summed E-state index contributed by atoms with van der Waals surface area (Å²) in [6, 6.07) is 17.9. The Morgan fingerprint density at radius 2 is 1.20 bits per heavy atom. The first kappa shape index (κ1) is 32.4. The molecule has 0 aliphatic heterocycles. The molecule has 5 rings (SSSR count). The van der Waals surface area contributed by atoms with E-state index in [9.17, 15) is 36.6 Å². The van der Waals surface area contributed by atoms with Crippen LogP contribution in [0.5, 0.6) is 0 Å². The van der Waals surface area contributed by atoms with E-state index in [-0.39, 0.29) is 6.42 Å². The molecule has 0 aliphatic rings. The number of hydrogen-bond donors (Lipinski definition) is 2. The molecular formula is C33H24F6N2O2S2. The number of alkyl halides is 6. The van der Waals surface area contributed by atoms with E-state index in [1.54, 1.807) is 38.1 Å². The normalized spacial score (nSPS) is 14.0. The highest BCUT2D eigenvalue weighted by Crippen LogP contribution is 2.43. The molecule has 0 aliphatic carbocycles. The first-order valence-electron chi connectivity index (χ1n) is 13.4. The lowest BCUT2D eigenvalue weighted by atomic mass is 9.92. The zero-order valence-corrected chi connectivity index (χ0v) is 25.3. The number of hydrogen-bond acceptors (Lipinski definition) is 6. The monoisotopic (exact) mass is 658 g/mol. The number of aliphatic hydroxyl groups is 2. The summed E-state index contributed by atoms with van der Waals surface area (Å²) in [4.78, 5) is 9.65. The van der Waals surface area contributed by atoms with Crippen LogP contribution in [0.4, 0.5) is 26.3 Å². The Labute approximate surface area is 262 Å². The standard InChI is InChI=1S/C33H24F6N2O2S2/c1-19-27(44-29(40-19)22-8-12-24(13-9-22)32(34,35)36)26(42)18-31(43,17-16-21-6-4-3-5-7-21)28-20(2)41-30(45-28)23-10-14-25(15-11-23)33(37,38)39/h3-15,26,42-43H,18H2,1-2H3. The van der Waals surface area contributed by atoms with Crippen molar-refractivity contribution in [1.29, 1.82) is 0 Å². The minimum atomic E-state index is -4.49. The average molecular weight is 659 g/mol. The Morgan fingerprint density at radius 3 is 1.71 bits per heavy atom. The summed E-state index contributed by atoms with van der Waals surface area (Å²) in [5, 5.41) is 24.2. The van der Waals surface area contributed by atoms with Crippen molar-refractivity contribution in [2.75, 3.05) is 0 Å². The molecule has 2 unspecified atom stereocenters. The minimum absolute atomic E-state index is 0.308. The smallest absolute Gasteiger partial charge is 0.387 e. The van der Waals surface area contributed by atoms with Gasteiger partial charge in [-0.3, -0.25) is 0 Å². The second-order valence-corrected chi connectivity index (χ2v) is 12.3. The minimum Gasteiger partial charge on any atom is -0.387 e. The highest BCUT2D eigenvalue weighted by Gasteiger charge is 2.37. The Bertz CT molecular complexity index is 1850. The molecule has 0 fully saturated rings. The molecule has 0 spiro atoms. The topological polar surface area (TPSA) is 66.2 Å². The van der Waals surface area contributed by atoms with Crippen LogP contribution in [0.2, 0.25) is 0 Å². The van der Waals surface area contributed by atoms with Crippen molar-refractivity contribution in [3.63, 3.8) is 0 Å². The second-order valence-electron chi connectivity index (χ2n) is 10.2. The van der Waals surface area contributed by atoms with Crippen molar-refractivity contribution in [2.24, 2.45) is 0 Å². The predicted octanol–water partition coefficient (Wildman–Crippen LogP) is 8.95. The number of halogens is 6. The van der Waals surface area contributed by atoms with Gasteiger partial charge in [-0.2, -0.15) is 26.3 Å². The summed E-state index contributed by atoms with van der Waals surface area (Å²) in [6.07, 6.45) is -10.6. The zero-order valence-electron chi connectivity index (χ0n) is 23.7. The average Bonchev–Trinajstić information content (AvgIpc) is 3.59. The molecule has 4 nitrogen and oxygen atoms in total. The molecule has 0 amide bonds. The lowest BCUT2D eigenvalue weighted by molar-refractivity contribution is -0.138. The molecule has 2 N–H and O–H groups in total. The Hall–Kier alpha value is -4.02. The fraction of sp³-hybridized carbons (Fsp3) is 0.212. The summed E-state index contributed by atoms with van der Waals surface area (Å²) in [7, 11) is 0. The fourth-order valence-electron chi connectivity index (χ4n) is 4.62. The number of aliphatic hydroxyl groups excluding tert-OH is 1. The molecule has 3 aromatic carbocycles. The van der Waals surface area contributed by atoms with Crippen molar-refractivity contribution >= 4 is 22.7 Å². The summed E-state index contributed by atoms with van der Waals surface area (Å²) in [6.45, 7) is 3.29. The van der Waals surface area contributed by atoms with E-state index in [0.29, 0.717) is 47.8 Å². The molecule has 5 aromatic rings. The molecule has 232 valence electrons. The van der Waals surface area contributed by atoms with Gasteiger partial charge in [-0.1, -0.05) is 54.3 Å². The van der Waals surface area contributed by atoms with Crippen molar-refractivity contribution in [1.82, 2.24) is 9.97 Å². The van der Waals surface area contributed by atoms with E-state index in [2.05, 4.69) is 21.8 Å². The molecule has 2 atom stereocenters. The predicted molar refractivity (Wildman–Crippen MR) is 161 cm³/mol. The molecule has 12 heteroatoms. The second kappa shape index (κ2) is 12.4. The molecule has 0 radical (unpaired) electrons. The lowest BCUT2D eigenvalue weighted by Gasteiger charge is -2.24. The zero-order chi connectivity index (χ0) is 32.6. The third-order valence-corrected chi connectivity index (χ3v) is 9.57. The van der Waals surface area contributed by atoms with E-state index < -0.39 is 35.2 Å². The lowest BCUT2D eigenvalue weighted by Crippen LogP contribution is -2.26. The third-order valence-electron chi connectivity index (χ3n) is 6.90. The Morgan fingerprint density at radius 1 is 0.711 bits per heavy atom. The van der Waals surface area contributed by atoms with Gasteiger partial charge in [0, 0.05) is 23.1 Å². The van der Waals surface area contributed by atoms with Gasteiger partial charge in [-0.25, -0.2) is 9.97 Å². The van der Waals surface area contributed by atoms with Gasteiger partial charge in [0.05, 0.1) is 38.4 Å². The van der Waals surface area contributed by atoms with E-state index in [0.717, 1.165) is 46.9 Å². The van der Waals surface area contributed by atoms with Crippen LogP contribution in [-0.4, -0.2) is 20.2 Å². The van der Waals surface area contributed by atoms with Gasteiger partial charge in [0.25, 0.3) is 0 Å². The maximum Gasteiger partial charge on any atom is 0.416 e. The maximum atomic E-state index is 13.1. The quantitative estimate of drug-likeness (QED) is 0.141. The van der Waals surface area contributed by atoms with Crippen LogP contribution in [0, 0.1) is 25.7 Å². The van der Waals surface area contributed by atoms with E-state index in [1.165, 1.54) is 24.3 Å². The molecule has 45 heavy (non-hydrogen) atoms. The van der Waals surface area contributed by atoms with Gasteiger partial charge in [-0.15, -0.1) is 22.7 Å². The van der Waals surface area contributed by atoms with Crippen LogP contribution in [-0.2, 0) is 18.0 Å². The number of aromatic nitrogens is 2. The molecule has 0 bridgehead atoms. The number of rotatable bonds is 6. The van der Waals surface area contributed by atoms with Crippen LogP contribution in [0.15, 0.2) is 78.9 Å². The summed E-state index contributed by atoms with van der Waals surface area (Å²) >= 11 is 2.14. The number of thiazole rings is 2. The van der Waals surface area contributed by atoms with Crippen molar-refractivity contribution in [3.05, 3.63) is 117 Å². The van der Waals surface area contributed by atoms with E-state index in [1.807, 2.05) is 6.07 Å². The van der Waals surface area contributed by atoms with Crippen LogP contribution >= 0.6 is 22.7 Å². The fourth-order valence-corrected chi connectivity index (χ4v) is 6.80. The Balaban J connectivity index is 1.49.